The van der Waals surface area contributed by atoms with E-state index in [0.29, 0.717) is 5.69 Å². The third-order valence-electron chi connectivity index (χ3n) is 5.45. The minimum atomic E-state index is -0.366. The van der Waals surface area contributed by atoms with Crippen LogP contribution in [0.15, 0.2) is 108 Å². The number of rotatable bonds is 5. The Kier molecular flexibility index (Phi) is 5.52. The van der Waals surface area contributed by atoms with Crippen LogP contribution in [-0.2, 0) is 0 Å². The van der Waals surface area contributed by atoms with Crippen molar-refractivity contribution < 1.29 is 4.79 Å². The molecule has 0 bridgehead atoms. The summed E-state index contributed by atoms with van der Waals surface area (Å²) in [7, 11) is 0. The second-order valence-electron chi connectivity index (χ2n) is 7.83. The Bertz CT molecular complexity index is 1450. The van der Waals surface area contributed by atoms with Gasteiger partial charge in [0.1, 0.15) is 0 Å². The van der Waals surface area contributed by atoms with Crippen molar-refractivity contribution in [2.45, 2.75) is 6.92 Å². The Morgan fingerprint density at radius 3 is 2.36 bits per heavy atom. The largest absolute Gasteiger partial charge is 0.291 e. The van der Waals surface area contributed by atoms with Crippen LogP contribution in [0.1, 0.15) is 21.6 Å². The van der Waals surface area contributed by atoms with Crippen LogP contribution in [0.5, 0.6) is 0 Å². The normalized spacial score (nSPS) is 11.2. The summed E-state index contributed by atoms with van der Waals surface area (Å²) in [6.45, 7) is 2.04. The molecule has 5 nitrogen and oxygen atoms in total. The molecule has 0 aliphatic rings. The van der Waals surface area contributed by atoms with Gasteiger partial charge in [-0.05, 0) is 47.5 Å². The van der Waals surface area contributed by atoms with Gasteiger partial charge in [0.2, 0.25) is 0 Å². The highest BCUT2D eigenvalue weighted by Crippen LogP contribution is 2.27. The fraction of sp³-hybridized carbons (Fsp3) is 0.0357. The molecule has 33 heavy (non-hydrogen) atoms. The van der Waals surface area contributed by atoms with Crippen LogP contribution in [0, 0.1) is 6.92 Å². The first-order valence-corrected chi connectivity index (χ1v) is 10.7. The third kappa shape index (κ3) is 4.43. The summed E-state index contributed by atoms with van der Waals surface area (Å²) in [5.41, 5.74) is 7.64. The number of benzene rings is 4. The van der Waals surface area contributed by atoms with Crippen LogP contribution < -0.4 is 5.43 Å². The summed E-state index contributed by atoms with van der Waals surface area (Å²) in [6.07, 6.45) is 1.61. The summed E-state index contributed by atoms with van der Waals surface area (Å²) in [6, 6.07) is 33.9. The lowest BCUT2D eigenvalue weighted by molar-refractivity contribution is 0.0949. The molecule has 0 saturated heterocycles. The summed E-state index contributed by atoms with van der Waals surface area (Å²) in [5, 5.41) is 11.0. The first-order valence-electron chi connectivity index (χ1n) is 10.7. The molecule has 1 amide bonds. The van der Waals surface area contributed by atoms with Crippen LogP contribution in [0.4, 0.5) is 0 Å². The summed E-state index contributed by atoms with van der Waals surface area (Å²) < 4.78 is 1.80. The first kappa shape index (κ1) is 20.4. The van der Waals surface area contributed by atoms with E-state index in [2.05, 4.69) is 46.0 Å². The number of aryl methyl sites for hydroxylation is 1. The van der Waals surface area contributed by atoms with Gasteiger partial charge < -0.3 is 0 Å². The number of fused-ring (bicyclic) bond motifs is 1. The average molecular weight is 431 g/mol. The molecule has 0 saturated carbocycles. The van der Waals surface area contributed by atoms with Gasteiger partial charge in [0.15, 0.2) is 5.69 Å². The zero-order chi connectivity index (χ0) is 22.6. The minimum absolute atomic E-state index is 0.295. The van der Waals surface area contributed by atoms with Gasteiger partial charge in [0, 0.05) is 5.56 Å². The summed E-state index contributed by atoms with van der Waals surface area (Å²) >= 11 is 0. The molecule has 1 aromatic heterocycles. The highest BCUT2D eigenvalue weighted by atomic mass is 16.2. The molecule has 0 atom stereocenters. The maximum atomic E-state index is 12.8. The number of carbonyl (C=O) groups is 1. The van der Waals surface area contributed by atoms with E-state index in [1.165, 1.54) is 0 Å². The molecular formula is C28H22N4O. The Hall–Kier alpha value is -4.51. The number of carbonyl (C=O) groups excluding carboxylic acids is 1. The quantitative estimate of drug-likeness (QED) is 0.284. The SMILES string of the molecule is Cc1ccc(-n2nc(C(=O)N/N=C\c3ccccc3)cc2-c2ccc3ccccc3c2)cc1. The molecule has 0 aliphatic carbocycles. The molecule has 0 unspecified atom stereocenters. The van der Waals surface area contributed by atoms with Crippen molar-refractivity contribution in [1.82, 2.24) is 15.2 Å². The van der Waals surface area contributed by atoms with Crippen molar-refractivity contribution in [3.63, 3.8) is 0 Å². The lowest BCUT2D eigenvalue weighted by Gasteiger charge is -2.09. The van der Waals surface area contributed by atoms with Gasteiger partial charge in [-0.25, -0.2) is 10.1 Å². The Labute approximate surface area is 192 Å². The molecule has 1 N–H and O–H groups in total. The average Bonchev–Trinajstić information content (AvgIpc) is 3.30. The number of hydrazone groups is 1. The topological polar surface area (TPSA) is 59.3 Å². The second-order valence-corrected chi connectivity index (χ2v) is 7.83. The van der Waals surface area contributed by atoms with E-state index in [0.717, 1.165) is 38.8 Å². The number of nitrogens with one attached hydrogen (secondary N) is 1. The van der Waals surface area contributed by atoms with Gasteiger partial charge in [-0.1, -0.05) is 84.4 Å². The molecule has 5 rings (SSSR count). The standard InChI is InChI=1S/C28H22N4O/c1-20-11-15-25(16-12-20)32-27(24-14-13-22-9-5-6-10-23(22)17-24)18-26(31-32)28(33)30-29-19-21-7-3-2-4-8-21/h2-19H,1H3,(H,30,33)/b29-19-. The lowest BCUT2D eigenvalue weighted by atomic mass is 10.0. The number of hydrogen-bond donors (Lipinski definition) is 1. The minimum Gasteiger partial charge on any atom is -0.265 e. The van der Waals surface area contributed by atoms with Crippen LogP contribution in [0.3, 0.4) is 0 Å². The van der Waals surface area contributed by atoms with Gasteiger partial charge in [-0.3, -0.25) is 4.79 Å². The number of aromatic nitrogens is 2. The first-order chi connectivity index (χ1) is 16.2. The van der Waals surface area contributed by atoms with E-state index in [-0.39, 0.29) is 5.91 Å². The van der Waals surface area contributed by atoms with E-state index in [1.54, 1.807) is 17.0 Å². The van der Waals surface area contributed by atoms with Crippen molar-refractivity contribution in [3.05, 3.63) is 120 Å². The maximum Gasteiger partial charge on any atom is 0.291 e. The summed E-state index contributed by atoms with van der Waals surface area (Å²) in [5.74, 6) is -0.366. The predicted octanol–water partition coefficient (Wildman–Crippen LogP) is 5.76. The van der Waals surface area contributed by atoms with E-state index >= 15 is 0 Å². The van der Waals surface area contributed by atoms with E-state index in [4.69, 9.17) is 0 Å². The molecule has 0 aliphatic heterocycles. The number of hydrogen-bond acceptors (Lipinski definition) is 3. The van der Waals surface area contributed by atoms with Crippen molar-refractivity contribution in [2.75, 3.05) is 0 Å². The molecule has 1 heterocycles. The van der Waals surface area contributed by atoms with Gasteiger partial charge in [-0.15, -0.1) is 0 Å². The van der Waals surface area contributed by atoms with Gasteiger partial charge in [0.25, 0.3) is 5.91 Å². The van der Waals surface area contributed by atoms with Crippen LogP contribution in [-0.4, -0.2) is 21.9 Å². The van der Waals surface area contributed by atoms with Gasteiger partial charge in [0.05, 0.1) is 17.6 Å². The van der Waals surface area contributed by atoms with Crippen molar-refractivity contribution >= 4 is 22.9 Å². The smallest absolute Gasteiger partial charge is 0.265 e. The zero-order valence-electron chi connectivity index (χ0n) is 18.1. The molecule has 5 aromatic rings. The van der Waals surface area contributed by atoms with Crippen molar-refractivity contribution in [3.8, 4) is 16.9 Å². The molecule has 0 radical (unpaired) electrons. The molecule has 0 spiro atoms. The zero-order valence-corrected chi connectivity index (χ0v) is 18.1. The predicted molar refractivity (Wildman–Crippen MR) is 133 cm³/mol. The lowest BCUT2D eigenvalue weighted by Crippen LogP contribution is -2.18. The van der Waals surface area contributed by atoms with E-state index in [9.17, 15) is 4.79 Å². The fourth-order valence-corrected chi connectivity index (χ4v) is 3.69. The van der Waals surface area contributed by atoms with Gasteiger partial charge in [-0.2, -0.15) is 10.2 Å². The Morgan fingerprint density at radius 1 is 0.848 bits per heavy atom. The highest BCUT2D eigenvalue weighted by Gasteiger charge is 2.17. The van der Waals surface area contributed by atoms with Gasteiger partial charge >= 0.3 is 0 Å². The number of amides is 1. The van der Waals surface area contributed by atoms with Crippen LogP contribution in [0.2, 0.25) is 0 Å². The Balaban J connectivity index is 1.52. The van der Waals surface area contributed by atoms with Crippen LogP contribution in [0.25, 0.3) is 27.7 Å². The molecule has 4 aromatic carbocycles. The molecule has 5 heteroatoms. The van der Waals surface area contributed by atoms with E-state index in [1.807, 2.05) is 73.7 Å². The van der Waals surface area contributed by atoms with Crippen LogP contribution >= 0.6 is 0 Å². The Morgan fingerprint density at radius 2 is 1.58 bits per heavy atom. The second kappa shape index (κ2) is 8.93. The molecule has 0 fully saturated rings. The fourth-order valence-electron chi connectivity index (χ4n) is 3.69. The van der Waals surface area contributed by atoms with Crippen molar-refractivity contribution in [1.29, 1.82) is 0 Å². The molecular weight excluding hydrogens is 408 g/mol. The maximum absolute atomic E-state index is 12.8. The number of nitrogens with zero attached hydrogens (tertiary/aromatic N) is 3. The van der Waals surface area contributed by atoms with Crippen molar-refractivity contribution in [2.24, 2.45) is 5.10 Å². The monoisotopic (exact) mass is 430 g/mol. The molecule has 160 valence electrons. The van der Waals surface area contributed by atoms with E-state index < -0.39 is 0 Å². The highest BCUT2D eigenvalue weighted by molar-refractivity contribution is 5.95. The third-order valence-corrected chi connectivity index (χ3v) is 5.45. The summed E-state index contributed by atoms with van der Waals surface area (Å²) in [4.78, 5) is 12.8.